The van der Waals surface area contributed by atoms with Crippen LogP contribution in [0.3, 0.4) is 0 Å². The van der Waals surface area contributed by atoms with Crippen LogP contribution in [0.4, 0.5) is 0 Å². The summed E-state index contributed by atoms with van der Waals surface area (Å²) in [7, 11) is 2.03. The van der Waals surface area contributed by atoms with Crippen LogP contribution in [-0.4, -0.2) is 7.05 Å². The third-order valence-electron chi connectivity index (χ3n) is 3.04. The first-order chi connectivity index (χ1) is 7.10. The number of aryl methyl sites for hydroxylation is 2. The number of furan rings is 1. The second-order valence-corrected chi connectivity index (χ2v) is 4.40. The highest BCUT2D eigenvalue weighted by molar-refractivity contribution is 5.24. The molecule has 0 amide bonds. The Hall–Kier alpha value is -0.760. The van der Waals surface area contributed by atoms with Gasteiger partial charge in [0.1, 0.15) is 11.5 Å². The van der Waals surface area contributed by atoms with Crippen LogP contribution >= 0.6 is 0 Å². The predicted octanol–water partition coefficient (Wildman–Crippen LogP) is 3.59. The molecule has 1 heterocycles. The zero-order valence-corrected chi connectivity index (χ0v) is 10.6. The maximum Gasteiger partial charge on any atom is 0.105 e. The van der Waals surface area contributed by atoms with E-state index in [0.29, 0.717) is 12.0 Å². The van der Waals surface area contributed by atoms with Crippen molar-refractivity contribution in [3.8, 4) is 0 Å². The van der Waals surface area contributed by atoms with Crippen molar-refractivity contribution in [3.63, 3.8) is 0 Å². The third kappa shape index (κ3) is 2.85. The molecule has 86 valence electrons. The third-order valence-corrected chi connectivity index (χ3v) is 3.04. The van der Waals surface area contributed by atoms with Gasteiger partial charge in [-0.1, -0.05) is 20.3 Å². The first-order valence-electron chi connectivity index (χ1n) is 5.84. The van der Waals surface area contributed by atoms with E-state index in [9.17, 15) is 0 Å². The zero-order chi connectivity index (χ0) is 11.4. The topological polar surface area (TPSA) is 25.2 Å². The molecule has 1 aromatic heterocycles. The Balaban J connectivity index is 2.86. The van der Waals surface area contributed by atoms with Gasteiger partial charge in [0.2, 0.25) is 0 Å². The van der Waals surface area contributed by atoms with E-state index in [4.69, 9.17) is 4.42 Å². The lowest BCUT2D eigenvalue weighted by Gasteiger charge is -2.22. The monoisotopic (exact) mass is 209 g/mol. The second-order valence-electron chi connectivity index (χ2n) is 4.40. The maximum absolute atomic E-state index is 5.59. The largest absolute Gasteiger partial charge is 0.466 e. The lowest BCUT2D eigenvalue weighted by Crippen LogP contribution is -2.23. The van der Waals surface area contributed by atoms with Gasteiger partial charge in [-0.3, -0.25) is 0 Å². The van der Waals surface area contributed by atoms with E-state index in [-0.39, 0.29) is 0 Å². The Bertz CT molecular complexity index is 303. The van der Waals surface area contributed by atoms with E-state index in [1.54, 1.807) is 0 Å². The first-order valence-corrected chi connectivity index (χ1v) is 5.84. The SMILES string of the molecule is CCCC(C)C(NC)c1cc(C)oc1C. The minimum atomic E-state index is 0.419. The molecule has 0 aliphatic heterocycles. The van der Waals surface area contributed by atoms with Crippen LogP contribution in [-0.2, 0) is 0 Å². The Morgan fingerprint density at radius 1 is 1.40 bits per heavy atom. The summed E-state index contributed by atoms with van der Waals surface area (Å²) in [6.45, 7) is 8.59. The number of rotatable bonds is 5. The summed E-state index contributed by atoms with van der Waals surface area (Å²) in [5, 5.41) is 3.40. The van der Waals surface area contributed by atoms with Crippen LogP contribution in [0.15, 0.2) is 10.5 Å². The molecule has 1 N–H and O–H groups in total. The fraction of sp³-hybridized carbons (Fsp3) is 0.692. The fourth-order valence-electron chi connectivity index (χ4n) is 2.33. The van der Waals surface area contributed by atoms with Gasteiger partial charge in [0.05, 0.1) is 0 Å². The van der Waals surface area contributed by atoms with Crippen molar-refractivity contribution in [2.75, 3.05) is 7.05 Å². The molecule has 0 bridgehead atoms. The zero-order valence-electron chi connectivity index (χ0n) is 10.6. The van der Waals surface area contributed by atoms with E-state index < -0.39 is 0 Å². The molecule has 1 rings (SSSR count). The van der Waals surface area contributed by atoms with E-state index in [1.807, 2.05) is 20.9 Å². The molecule has 2 nitrogen and oxygen atoms in total. The van der Waals surface area contributed by atoms with Gasteiger partial charge < -0.3 is 9.73 Å². The average Bonchev–Trinajstić information content (AvgIpc) is 2.47. The molecule has 0 aliphatic carbocycles. The Kier molecular flexibility index (Phi) is 4.40. The van der Waals surface area contributed by atoms with Crippen LogP contribution in [0.1, 0.15) is 49.8 Å². The van der Waals surface area contributed by atoms with Gasteiger partial charge in [-0.25, -0.2) is 0 Å². The van der Waals surface area contributed by atoms with Crippen molar-refractivity contribution in [3.05, 3.63) is 23.2 Å². The normalized spacial score (nSPS) is 15.3. The summed E-state index contributed by atoms with van der Waals surface area (Å²) < 4.78 is 5.59. The summed E-state index contributed by atoms with van der Waals surface area (Å²) in [5.41, 5.74) is 1.32. The van der Waals surface area contributed by atoms with Crippen LogP contribution in [0.5, 0.6) is 0 Å². The Labute approximate surface area is 93.1 Å². The van der Waals surface area contributed by atoms with Crippen molar-refractivity contribution in [1.29, 1.82) is 0 Å². The second kappa shape index (κ2) is 5.36. The summed E-state index contributed by atoms with van der Waals surface area (Å²) in [4.78, 5) is 0. The summed E-state index contributed by atoms with van der Waals surface area (Å²) in [6, 6.07) is 2.57. The van der Waals surface area contributed by atoms with Gasteiger partial charge in [-0.05, 0) is 39.3 Å². The van der Waals surface area contributed by atoms with Gasteiger partial charge in [-0.2, -0.15) is 0 Å². The number of hydrogen-bond donors (Lipinski definition) is 1. The van der Waals surface area contributed by atoms with Crippen molar-refractivity contribution < 1.29 is 4.42 Å². The minimum absolute atomic E-state index is 0.419. The molecule has 0 saturated heterocycles. The molecular weight excluding hydrogens is 186 g/mol. The Morgan fingerprint density at radius 3 is 2.47 bits per heavy atom. The van der Waals surface area contributed by atoms with E-state index in [0.717, 1.165) is 11.5 Å². The molecule has 0 radical (unpaired) electrons. The molecule has 0 saturated carbocycles. The molecule has 0 spiro atoms. The minimum Gasteiger partial charge on any atom is -0.466 e. The van der Waals surface area contributed by atoms with Crippen LogP contribution in [0.2, 0.25) is 0 Å². The van der Waals surface area contributed by atoms with E-state index in [2.05, 4.69) is 25.2 Å². The van der Waals surface area contributed by atoms with Crippen LogP contribution in [0.25, 0.3) is 0 Å². The number of hydrogen-bond acceptors (Lipinski definition) is 2. The van der Waals surface area contributed by atoms with Crippen LogP contribution in [0, 0.1) is 19.8 Å². The highest BCUT2D eigenvalue weighted by Crippen LogP contribution is 2.29. The van der Waals surface area contributed by atoms with Gasteiger partial charge in [0.15, 0.2) is 0 Å². The molecule has 1 aromatic rings. The van der Waals surface area contributed by atoms with Gasteiger partial charge in [0, 0.05) is 11.6 Å². The summed E-state index contributed by atoms with van der Waals surface area (Å²) in [5.74, 6) is 2.71. The summed E-state index contributed by atoms with van der Waals surface area (Å²) >= 11 is 0. The lowest BCUT2D eigenvalue weighted by molar-refractivity contribution is 0.377. The molecule has 0 aromatic carbocycles. The Morgan fingerprint density at radius 2 is 2.07 bits per heavy atom. The molecule has 0 aliphatic rings. The van der Waals surface area contributed by atoms with Crippen molar-refractivity contribution in [1.82, 2.24) is 5.32 Å². The van der Waals surface area contributed by atoms with Gasteiger partial charge in [0.25, 0.3) is 0 Å². The number of nitrogens with one attached hydrogen (secondary N) is 1. The quantitative estimate of drug-likeness (QED) is 0.801. The van der Waals surface area contributed by atoms with E-state index in [1.165, 1.54) is 18.4 Å². The molecule has 2 unspecified atom stereocenters. The molecule has 2 heteroatoms. The van der Waals surface area contributed by atoms with Crippen molar-refractivity contribution in [2.24, 2.45) is 5.92 Å². The lowest BCUT2D eigenvalue weighted by atomic mass is 9.91. The average molecular weight is 209 g/mol. The van der Waals surface area contributed by atoms with Gasteiger partial charge >= 0.3 is 0 Å². The maximum atomic E-state index is 5.59. The van der Waals surface area contributed by atoms with Crippen molar-refractivity contribution >= 4 is 0 Å². The summed E-state index contributed by atoms with van der Waals surface area (Å²) in [6.07, 6.45) is 2.48. The van der Waals surface area contributed by atoms with E-state index >= 15 is 0 Å². The molecule has 2 atom stereocenters. The highest BCUT2D eigenvalue weighted by atomic mass is 16.3. The molecule has 0 fully saturated rings. The van der Waals surface area contributed by atoms with Crippen molar-refractivity contribution in [2.45, 2.75) is 46.6 Å². The standard InChI is InChI=1S/C13H23NO/c1-6-7-9(2)13(14-5)12-8-10(3)15-11(12)4/h8-9,13-14H,6-7H2,1-5H3. The van der Waals surface area contributed by atoms with Crippen LogP contribution < -0.4 is 5.32 Å². The highest BCUT2D eigenvalue weighted by Gasteiger charge is 2.20. The molecular formula is C13H23NO. The predicted molar refractivity (Wildman–Crippen MR) is 64.1 cm³/mol. The first kappa shape index (κ1) is 12.3. The van der Waals surface area contributed by atoms with Gasteiger partial charge in [-0.15, -0.1) is 0 Å². The smallest absolute Gasteiger partial charge is 0.105 e. The fourth-order valence-corrected chi connectivity index (χ4v) is 2.33. The molecule has 15 heavy (non-hydrogen) atoms.